The topological polar surface area (TPSA) is 51.1 Å². The predicted molar refractivity (Wildman–Crippen MR) is 97.6 cm³/mol. The average Bonchev–Trinajstić information content (AvgIpc) is 3.16. The summed E-state index contributed by atoms with van der Waals surface area (Å²) in [6.45, 7) is 1.99. The monoisotopic (exact) mass is 374 g/mol. The van der Waals surface area contributed by atoms with Crippen molar-refractivity contribution in [1.29, 1.82) is 0 Å². The van der Waals surface area contributed by atoms with E-state index in [-0.39, 0.29) is 12.7 Å². The summed E-state index contributed by atoms with van der Waals surface area (Å²) in [6, 6.07) is 10.5. The Bertz CT molecular complexity index is 953. The molecule has 0 atom stereocenters. The summed E-state index contributed by atoms with van der Waals surface area (Å²) >= 11 is 12.0. The van der Waals surface area contributed by atoms with E-state index in [4.69, 9.17) is 32.7 Å². The molecule has 0 unspecified atom stereocenters. The number of hydrazone groups is 1. The van der Waals surface area contributed by atoms with Gasteiger partial charge in [-0.05, 0) is 48.9 Å². The van der Waals surface area contributed by atoms with Crippen LogP contribution in [0.4, 0.5) is 5.69 Å². The lowest BCUT2D eigenvalue weighted by Crippen LogP contribution is -2.21. The van der Waals surface area contributed by atoms with Crippen LogP contribution in [0, 0.1) is 0 Å². The highest BCUT2D eigenvalue weighted by Crippen LogP contribution is 2.34. The molecule has 0 aliphatic carbocycles. The first kappa shape index (κ1) is 16.0. The highest BCUT2D eigenvalue weighted by atomic mass is 35.5. The van der Waals surface area contributed by atoms with Crippen LogP contribution in [0.25, 0.3) is 6.08 Å². The van der Waals surface area contributed by atoms with Crippen LogP contribution in [0.15, 0.2) is 47.1 Å². The predicted octanol–water partition coefficient (Wildman–Crippen LogP) is 4.53. The van der Waals surface area contributed by atoms with Crippen molar-refractivity contribution < 1.29 is 14.3 Å². The number of amides is 1. The molecule has 2 aromatic carbocycles. The molecule has 5 nitrogen and oxygen atoms in total. The fourth-order valence-corrected chi connectivity index (χ4v) is 2.94. The third-order valence-electron chi connectivity index (χ3n) is 3.92. The van der Waals surface area contributed by atoms with Gasteiger partial charge >= 0.3 is 0 Å². The normalized spacial score (nSPS) is 17.4. The zero-order valence-corrected chi connectivity index (χ0v) is 14.6. The van der Waals surface area contributed by atoms with Gasteiger partial charge in [-0.2, -0.15) is 10.1 Å². The van der Waals surface area contributed by atoms with Gasteiger partial charge in [0.1, 0.15) is 0 Å². The number of ether oxygens (including phenoxy) is 2. The molecule has 0 spiro atoms. The van der Waals surface area contributed by atoms with Crippen LogP contribution in [0.3, 0.4) is 0 Å². The molecule has 2 aliphatic rings. The SMILES string of the molecule is CC1=NN(c2ccc(Cl)c(Cl)c2)C(=O)/C1=C\c1ccc2c(c1)OCO2. The Hall–Kier alpha value is -2.50. The quantitative estimate of drug-likeness (QED) is 0.725. The lowest BCUT2D eigenvalue weighted by atomic mass is 10.1. The molecule has 2 heterocycles. The number of hydrogen-bond acceptors (Lipinski definition) is 4. The Labute approximate surface area is 154 Å². The molecule has 0 saturated carbocycles. The molecule has 1 amide bonds. The van der Waals surface area contributed by atoms with E-state index in [1.165, 1.54) is 5.01 Å². The second-order valence-corrected chi connectivity index (χ2v) is 6.39. The lowest BCUT2D eigenvalue weighted by Gasteiger charge is -2.12. The van der Waals surface area contributed by atoms with Gasteiger partial charge in [-0.15, -0.1) is 0 Å². The van der Waals surface area contributed by atoms with E-state index >= 15 is 0 Å². The van der Waals surface area contributed by atoms with Crippen molar-refractivity contribution in [2.75, 3.05) is 11.8 Å². The molecule has 2 aromatic rings. The van der Waals surface area contributed by atoms with Crippen molar-refractivity contribution in [1.82, 2.24) is 0 Å². The molecule has 4 rings (SSSR count). The first-order valence-electron chi connectivity index (χ1n) is 7.49. The second kappa shape index (κ2) is 6.10. The van der Waals surface area contributed by atoms with Gasteiger partial charge in [0.2, 0.25) is 6.79 Å². The summed E-state index contributed by atoms with van der Waals surface area (Å²) < 4.78 is 10.7. The summed E-state index contributed by atoms with van der Waals surface area (Å²) in [5.74, 6) is 1.13. The molecule has 25 heavy (non-hydrogen) atoms. The highest BCUT2D eigenvalue weighted by molar-refractivity contribution is 6.42. The molecule has 0 fully saturated rings. The molecule has 0 radical (unpaired) electrons. The Morgan fingerprint density at radius 2 is 1.88 bits per heavy atom. The number of halogens is 2. The van der Waals surface area contributed by atoms with Gasteiger partial charge in [-0.25, -0.2) is 0 Å². The summed E-state index contributed by atoms with van der Waals surface area (Å²) in [4.78, 5) is 12.8. The van der Waals surface area contributed by atoms with Gasteiger partial charge in [0.05, 0.1) is 27.0 Å². The fraction of sp³-hybridized carbons (Fsp3) is 0.111. The van der Waals surface area contributed by atoms with Crippen molar-refractivity contribution in [2.24, 2.45) is 5.10 Å². The molecule has 0 aromatic heterocycles. The van der Waals surface area contributed by atoms with Crippen LogP contribution in [0.5, 0.6) is 11.5 Å². The minimum Gasteiger partial charge on any atom is -0.454 e. The third kappa shape index (κ3) is 2.86. The average molecular weight is 375 g/mol. The van der Waals surface area contributed by atoms with Crippen LogP contribution in [-0.2, 0) is 4.79 Å². The largest absolute Gasteiger partial charge is 0.454 e. The van der Waals surface area contributed by atoms with Crippen molar-refractivity contribution in [3.05, 3.63) is 57.6 Å². The lowest BCUT2D eigenvalue weighted by molar-refractivity contribution is -0.114. The molecule has 0 bridgehead atoms. The Balaban J connectivity index is 1.67. The molecule has 126 valence electrons. The van der Waals surface area contributed by atoms with Crippen LogP contribution < -0.4 is 14.5 Å². The van der Waals surface area contributed by atoms with Crippen molar-refractivity contribution >= 4 is 46.6 Å². The molecule has 0 saturated heterocycles. The van der Waals surface area contributed by atoms with Gasteiger partial charge in [-0.1, -0.05) is 29.3 Å². The van der Waals surface area contributed by atoms with Crippen LogP contribution in [-0.4, -0.2) is 18.4 Å². The molecule has 0 N–H and O–H groups in total. The van der Waals surface area contributed by atoms with E-state index in [0.29, 0.717) is 38.5 Å². The van der Waals surface area contributed by atoms with E-state index in [1.54, 1.807) is 31.2 Å². The van der Waals surface area contributed by atoms with E-state index in [2.05, 4.69) is 5.10 Å². The number of benzene rings is 2. The Morgan fingerprint density at radius 3 is 2.68 bits per heavy atom. The maximum absolute atomic E-state index is 12.8. The first-order chi connectivity index (χ1) is 12.0. The van der Waals surface area contributed by atoms with Gasteiger partial charge in [0, 0.05) is 0 Å². The summed E-state index contributed by atoms with van der Waals surface area (Å²) in [7, 11) is 0. The van der Waals surface area contributed by atoms with E-state index in [0.717, 1.165) is 5.56 Å². The number of rotatable bonds is 2. The zero-order chi connectivity index (χ0) is 17.6. The number of hydrogen-bond donors (Lipinski definition) is 0. The van der Waals surface area contributed by atoms with Crippen LogP contribution >= 0.6 is 23.2 Å². The van der Waals surface area contributed by atoms with E-state index < -0.39 is 0 Å². The molecular weight excluding hydrogens is 363 g/mol. The van der Waals surface area contributed by atoms with Crippen LogP contribution in [0.2, 0.25) is 10.0 Å². The smallest absolute Gasteiger partial charge is 0.280 e. The second-order valence-electron chi connectivity index (χ2n) is 5.57. The van der Waals surface area contributed by atoms with Crippen molar-refractivity contribution in [3.63, 3.8) is 0 Å². The number of fused-ring (bicyclic) bond motifs is 1. The minimum absolute atomic E-state index is 0.208. The number of carbonyl (C=O) groups excluding carboxylic acids is 1. The summed E-state index contributed by atoms with van der Waals surface area (Å²) in [5, 5.41) is 6.44. The number of carbonyl (C=O) groups is 1. The summed E-state index contributed by atoms with van der Waals surface area (Å²) in [5.41, 5.74) is 2.52. The zero-order valence-electron chi connectivity index (χ0n) is 13.1. The molecule has 7 heteroatoms. The molecule has 2 aliphatic heterocycles. The maximum atomic E-state index is 12.8. The van der Waals surface area contributed by atoms with Gasteiger partial charge in [0.15, 0.2) is 11.5 Å². The maximum Gasteiger partial charge on any atom is 0.280 e. The first-order valence-corrected chi connectivity index (χ1v) is 8.25. The van der Waals surface area contributed by atoms with Gasteiger partial charge in [0.25, 0.3) is 5.91 Å². The Morgan fingerprint density at radius 1 is 1.08 bits per heavy atom. The van der Waals surface area contributed by atoms with Crippen molar-refractivity contribution in [2.45, 2.75) is 6.92 Å². The van der Waals surface area contributed by atoms with E-state index in [9.17, 15) is 4.79 Å². The van der Waals surface area contributed by atoms with E-state index in [1.807, 2.05) is 18.2 Å². The highest BCUT2D eigenvalue weighted by Gasteiger charge is 2.29. The fourth-order valence-electron chi connectivity index (χ4n) is 2.65. The van der Waals surface area contributed by atoms with Gasteiger partial charge in [-0.3, -0.25) is 4.79 Å². The van der Waals surface area contributed by atoms with Crippen molar-refractivity contribution in [3.8, 4) is 11.5 Å². The minimum atomic E-state index is -0.228. The number of nitrogens with zero attached hydrogens (tertiary/aromatic N) is 2. The van der Waals surface area contributed by atoms with Gasteiger partial charge < -0.3 is 9.47 Å². The Kier molecular flexibility index (Phi) is 3.90. The summed E-state index contributed by atoms with van der Waals surface area (Å²) in [6.07, 6.45) is 1.78. The van der Waals surface area contributed by atoms with Crippen LogP contribution in [0.1, 0.15) is 12.5 Å². The third-order valence-corrected chi connectivity index (χ3v) is 4.66. The standard InChI is InChI=1S/C18H12Cl2N2O3/c1-10-13(6-11-2-5-16-17(7-11)25-9-24-16)18(23)22(21-10)12-3-4-14(19)15(20)8-12/h2-8H,9H2,1H3/b13-6-. The molecular formula is C18H12Cl2N2O3. The number of anilines is 1.